The zero-order valence-electron chi connectivity index (χ0n) is 14.0. The smallest absolute Gasteiger partial charge is 0.269 e. The second-order valence-electron chi connectivity index (χ2n) is 6.74. The summed E-state index contributed by atoms with van der Waals surface area (Å²) in [7, 11) is 1.64. The maximum absolute atomic E-state index is 12.8. The van der Waals surface area contributed by atoms with E-state index in [1.54, 1.807) is 7.11 Å². The van der Waals surface area contributed by atoms with Gasteiger partial charge in [0.05, 0.1) is 12.8 Å². The zero-order chi connectivity index (χ0) is 16.4. The third-order valence-electron chi connectivity index (χ3n) is 4.81. The molecule has 0 radical (unpaired) electrons. The first-order valence-corrected chi connectivity index (χ1v) is 8.21. The van der Waals surface area contributed by atoms with E-state index in [-0.39, 0.29) is 5.91 Å². The van der Waals surface area contributed by atoms with Crippen molar-refractivity contribution in [1.29, 1.82) is 0 Å². The summed E-state index contributed by atoms with van der Waals surface area (Å²) < 4.78 is 5.17. The van der Waals surface area contributed by atoms with Gasteiger partial charge in [-0.05, 0) is 55.5 Å². The zero-order valence-corrected chi connectivity index (χ0v) is 14.0. The van der Waals surface area contributed by atoms with Crippen molar-refractivity contribution in [1.82, 2.24) is 4.90 Å². The minimum atomic E-state index is -0.879. The van der Waals surface area contributed by atoms with E-state index in [4.69, 9.17) is 9.57 Å². The van der Waals surface area contributed by atoms with Crippen molar-refractivity contribution in [3.63, 3.8) is 0 Å². The molecule has 2 aliphatic rings. The van der Waals surface area contributed by atoms with Crippen LogP contribution in [0.4, 0.5) is 0 Å². The summed E-state index contributed by atoms with van der Waals surface area (Å²) >= 11 is 0. The normalized spacial score (nSPS) is 25.0. The third-order valence-corrected chi connectivity index (χ3v) is 4.81. The lowest BCUT2D eigenvalue weighted by Gasteiger charge is -2.34. The number of oxime groups is 1. The van der Waals surface area contributed by atoms with Crippen LogP contribution in [0.1, 0.15) is 38.7 Å². The van der Waals surface area contributed by atoms with Crippen molar-refractivity contribution < 1.29 is 14.4 Å². The molecule has 23 heavy (non-hydrogen) atoms. The molecule has 1 aromatic carbocycles. The molecule has 5 heteroatoms. The summed E-state index contributed by atoms with van der Waals surface area (Å²) in [4.78, 5) is 20.3. The molecule has 0 N–H and O–H groups in total. The molecule has 2 aliphatic heterocycles. The Morgan fingerprint density at radius 2 is 1.96 bits per heavy atom. The number of benzene rings is 1. The highest BCUT2D eigenvalue weighted by Gasteiger charge is 2.45. The Bertz CT molecular complexity index is 603. The molecule has 1 fully saturated rings. The quantitative estimate of drug-likeness (QED) is 0.861. The summed E-state index contributed by atoms with van der Waals surface area (Å²) in [6, 6.07) is 7.67. The Morgan fingerprint density at radius 1 is 1.30 bits per heavy atom. The molecule has 1 unspecified atom stereocenters. The van der Waals surface area contributed by atoms with E-state index < -0.39 is 5.60 Å². The van der Waals surface area contributed by atoms with Crippen molar-refractivity contribution >= 4 is 11.6 Å². The monoisotopic (exact) mass is 316 g/mol. The lowest BCUT2D eigenvalue weighted by molar-refractivity contribution is -0.154. The number of nitrogens with zero attached hydrogens (tertiary/aromatic N) is 2. The van der Waals surface area contributed by atoms with Crippen molar-refractivity contribution in [2.75, 3.05) is 20.2 Å². The van der Waals surface area contributed by atoms with Crippen LogP contribution >= 0.6 is 0 Å². The van der Waals surface area contributed by atoms with Gasteiger partial charge in [0.2, 0.25) is 5.60 Å². The van der Waals surface area contributed by atoms with E-state index in [2.05, 4.69) is 12.1 Å². The van der Waals surface area contributed by atoms with E-state index >= 15 is 0 Å². The Hall–Kier alpha value is -2.04. The topological polar surface area (TPSA) is 51.1 Å². The SMILES string of the molecule is COc1ccc(C2=NOC(C)(C(=O)N3CCC(C)CC3)C2)cc1. The van der Waals surface area contributed by atoms with Crippen LogP contribution < -0.4 is 4.74 Å². The first-order valence-electron chi connectivity index (χ1n) is 8.21. The number of hydrogen-bond acceptors (Lipinski definition) is 4. The molecular weight excluding hydrogens is 292 g/mol. The predicted molar refractivity (Wildman–Crippen MR) is 88.6 cm³/mol. The Kier molecular flexibility index (Phi) is 4.28. The van der Waals surface area contributed by atoms with Crippen LogP contribution in [0.2, 0.25) is 0 Å². The van der Waals surface area contributed by atoms with Crippen molar-refractivity contribution in [2.45, 2.75) is 38.7 Å². The van der Waals surface area contributed by atoms with Gasteiger partial charge < -0.3 is 14.5 Å². The van der Waals surface area contributed by atoms with E-state index in [9.17, 15) is 4.79 Å². The molecule has 0 aliphatic carbocycles. The van der Waals surface area contributed by atoms with E-state index in [0.717, 1.165) is 43.0 Å². The van der Waals surface area contributed by atoms with Crippen LogP contribution in [0, 0.1) is 5.92 Å². The van der Waals surface area contributed by atoms with Crippen LogP contribution in [0.5, 0.6) is 5.75 Å². The molecule has 1 saturated heterocycles. The van der Waals surface area contributed by atoms with Gasteiger partial charge in [0.15, 0.2) is 0 Å². The number of hydrogen-bond donors (Lipinski definition) is 0. The summed E-state index contributed by atoms with van der Waals surface area (Å²) in [6.07, 6.45) is 2.63. The maximum atomic E-state index is 12.8. The van der Waals surface area contributed by atoms with Gasteiger partial charge in [-0.15, -0.1) is 0 Å². The number of carbonyl (C=O) groups excluding carboxylic acids is 1. The van der Waals surface area contributed by atoms with Gasteiger partial charge in [-0.2, -0.15) is 0 Å². The maximum Gasteiger partial charge on any atom is 0.269 e. The molecule has 0 aromatic heterocycles. The molecular formula is C18H24N2O3. The fourth-order valence-electron chi connectivity index (χ4n) is 3.14. The number of likely N-dealkylation sites (tertiary alicyclic amines) is 1. The molecule has 1 atom stereocenters. The number of ether oxygens (including phenoxy) is 1. The molecule has 124 valence electrons. The highest BCUT2D eigenvalue weighted by molar-refractivity contribution is 6.05. The van der Waals surface area contributed by atoms with Crippen LogP contribution in [0.15, 0.2) is 29.4 Å². The fourth-order valence-corrected chi connectivity index (χ4v) is 3.14. The third kappa shape index (κ3) is 3.19. The molecule has 2 heterocycles. The first kappa shape index (κ1) is 15.8. The average Bonchev–Trinajstić information content (AvgIpc) is 2.99. The molecule has 0 bridgehead atoms. The molecule has 1 amide bonds. The van der Waals surface area contributed by atoms with Crippen LogP contribution in [-0.4, -0.2) is 42.3 Å². The number of carbonyl (C=O) groups is 1. The summed E-state index contributed by atoms with van der Waals surface area (Å²) in [5, 5.41) is 4.17. The summed E-state index contributed by atoms with van der Waals surface area (Å²) in [5.74, 6) is 1.55. The molecule has 3 rings (SSSR count). The second kappa shape index (κ2) is 6.22. The predicted octanol–water partition coefficient (Wildman–Crippen LogP) is 2.84. The molecule has 0 spiro atoms. The van der Waals surface area contributed by atoms with Gasteiger partial charge in [-0.3, -0.25) is 4.79 Å². The van der Waals surface area contributed by atoms with Crippen molar-refractivity contribution in [3.8, 4) is 5.75 Å². The standard InChI is InChI=1S/C18H24N2O3/c1-13-8-10-20(11-9-13)17(21)18(2)12-16(19-23-18)14-4-6-15(22-3)7-5-14/h4-7,13H,8-12H2,1-3H3. The summed E-state index contributed by atoms with van der Waals surface area (Å²) in [5.41, 5.74) is 0.902. The minimum Gasteiger partial charge on any atom is -0.497 e. The molecule has 1 aromatic rings. The summed E-state index contributed by atoms with van der Waals surface area (Å²) in [6.45, 7) is 5.71. The average molecular weight is 316 g/mol. The van der Waals surface area contributed by atoms with Crippen LogP contribution in [0.25, 0.3) is 0 Å². The number of piperidine rings is 1. The van der Waals surface area contributed by atoms with Gasteiger partial charge in [-0.25, -0.2) is 0 Å². The highest BCUT2D eigenvalue weighted by Crippen LogP contribution is 2.30. The first-order chi connectivity index (χ1) is 11.0. The highest BCUT2D eigenvalue weighted by atomic mass is 16.7. The van der Waals surface area contributed by atoms with Gasteiger partial charge in [-0.1, -0.05) is 12.1 Å². The van der Waals surface area contributed by atoms with Crippen molar-refractivity contribution in [2.24, 2.45) is 11.1 Å². The van der Waals surface area contributed by atoms with Gasteiger partial charge >= 0.3 is 0 Å². The second-order valence-corrected chi connectivity index (χ2v) is 6.74. The molecule has 5 nitrogen and oxygen atoms in total. The van der Waals surface area contributed by atoms with Gasteiger partial charge in [0.25, 0.3) is 5.91 Å². The van der Waals surface area contributed by atoms with Crippen molar-refractivity contribution in [3.05, 3.63) is 29.8 Å². The van der Waals surface area contributed by atoms with Gasteiger partial charge in [0.1, 0.15) is 5.75 Å². The molecule has 0 saturated carbocycles. The largest absolute Gasteiger partial charge is 0.497 e. The lowest BCUT2D eigenvalue weighted by Crippen LogP contribution is -2.49. The Labute approximate surface area is 137 Å². The van der Waals surface area contributed by atoms with Crippen LogP contribution in [0.3, 0.4) is 0 Å². The Morgan fingerprint density at radius 3 is 2.57 bits per heavy atom. The lowest BCUT2D eigenvalue weighted by atomic mass is 9.92. The number of methoxy groups -OCH3 is 1. The number of rotatable bonds is 3. The van der Waals surface area contributed by atoms with Crippen LogP contribution in [-0.2, 0) is 9.63 Å². The van der Waals surface area contributed by atoms with Gasteiger partial charge in [0, 0.05) is 19.5 Å². The van der Waals surface area contributed by atoms with E-state index in [0.29, 0.717) is 12.3 Å². The van der Waals surface area contributed by atoms with E-state index in [1.807, 2.05) is 36.1 Å². The Balaban J connectivity index is 1.67. The number of amides is 1. The van der Waals surface area contributed by atoms with E-state index in [1.165, 1.54) is 0 Å². The fraction of sp³-hybridized carbons (Fsp3) is 0.556. The minimum absolute atomic E-state index is 0.0525.